The Labute approximate surface area is 51.7 Å². The molecule has 0 atom stereocenters. The lowest BCUT2D eigenvalue weighted by Gasteiger charge is -1.68. The van der Waals surface area contributed by atoms with Gasteiger partial charge in [0.15, 0.2) is 0 Å². The summed E-state index contributed by atoms with van der Waals surface area (Å²) in [6.45, 7) is 0. The third-order valence-corrected chi connectivity index (χ3v) is 0.911. The predicted molar refractivity (Wildman–Crippen MR) is 30.4 cm³/mol. The minimum atomic E-state index is 0.272. The summed E-state index contributed by atoms with van der Waals surface area (Å²) in [6.07, 6.45) is 4.61. The van der Waals surface area contributed by atoms with Gasteiger partial charge in [0.1, 0.15) is 0 Å². The average molecular weight is 121 g/mol. The van der Waals surface area contributed by atoms with E-state index in [9.17, 15) is 9.59 Å². The lowest BCUT2D eigenvalue weighted by molar-refractivity contribution is 0.561. The van der Waals surface area contributed by atoms with Crippen molar-refractivity contribution >= 4 is 12.6 Å². The summed E-state index contributed by atoms with van der Waals surface area (Å²) in [4.78, 5) is 22.2. The smallest absolute Gasteiger partial charge is 0.251 e. The van der Waals surface area contributed by atoms with E-state index >= 15 is 0 Å². The van der Waals surface area contributed by atoms with Crippen LogP contribution in [0.2, 0.25) is 0 Å². The van der Waals surface area contributed by atoms with E-state index in [1.165, 1.54) is 12.3 Å². The molecule has 3 nitrogen and oxygen atoms in total. The van der Waals surface area contributed by atoms with Crippen molar-refractivity contribution in [2.75, 3.05) is 0 Å². The summed E-state index contributed by atoms with van der Waals surface area (Å²) in [7, 11) is 0. The van der Waals surface area contributed by atoms with Gasteiger partial charge in [0.05, 0.1) is 5.69 Å². The third-order valence-electron chi connectivity index (χ3n) is 0.911. The Morgan fingerprint density at radius 2 is 2.11 bits per heavy atom. The van der Waals surface area contributed by atoms with E-state index in [1.54, 1.807) is 12.6 Å². The van der Waals surface area contributed by atoms with E-state index in [0.717, 1.165) is 0 Å². The normalized spacial score (nSPS) is 8.89. The fraction of sp³-hybridized carbons (Fsp3) is 0. The summed E-state index contributed by atoms with van der Waals surface area (Å²) in [6, 6.07) is 1.38. The van der Waals surface area contributed by atoms with Crippen molar-refractivity contribution in [3.63, 3.8) is 0 Å². The van der Waals surface area contributed by atoms with Crippen molar-refractivity contribution in [2.45, 2.75) is 0 Å². The van der Waals surface area contributed by atoms with Crippen LogP contribution in [0.25, 0.3) is 0 Å². The lowest BCUT2D eigenvalue weighted by atomic mass is 10.3. The van der Waals surface area contributed by atoms with Crippen molar-refractivity contribution < 1.29 is 9.59 Å². The maximum Gasteiger partial charge on any atom is 0.251 e. The molecule has 2 radical (unpaired) electrons. The molecule has 0 saturated heterocycles. The highest BCUT2D eigenvalue weighted by Gasteiger charge is 1.95. The second-order valence-corrected chi connectivity index (χ2v) is 1.51. The van der Waals surface area contributed by atoms with Gasteiger partial charge in [-0.05, 0) is 6.07 Å². The molecule has 3 heteroatoms. The number of H-pyrrole nitrogens is 1. The number of nitrogens with one attached hydrogen (secondary N) is 1. The molecule has 0 amide bonds. The molecule has 1 aromatic heterocycles. The molecule has 0 spiro atoms. The number of carbonyl (C=O) groups excluding carboxylic acids is 2. The van der Waals surface area contributed by atoms with Gasteiger partial charge in [0.25, 0.3) is 6.29 Å². The SMILES string of the molecule is O=[C]c1c[nH]c([C]=O)c1. The fourth-order valence-corrected chi connectivity index (χ4v) is 0.512. The van der Waals surface area contributed by atoms with Crippen LogP contribution in [0, 0.1) is 0 Å². The van der Waals surface area contributed by atoms with Crippen molar-refractivity contribution in [1.82, 2.24) is 4.98 Å². The Balaban J connectivity index is 2.98. The first-order chi connectivity index (χ1) is 4.36. The van der Waals surface area contributed by atoms with Gasteiger partial charge in [-0.15, -0.1) is 0 Å². The minimum absolute atomic E-state index is 0.272. The first-order valence-electron chi connectivity index (χ1n) is 2.31. The standard InChI is InChI=1S/C6H3NO2/c8-3-5-1-6(4-9)7-2-5/h1-2,7H. The zero-order chi connectivity index (χ0) is 6.69. The summed E-state index contributed by atoms with van der Waals surface area (Å²) >= 11 is 0. The quantitative estimate of drug-likeness (QED) is 0.595. The Morgan fingerprint density at radius 3 is 2.44 bits per heavy atom. The van der Waals surface area contributed by atoms with Gasteiger partial charge in [-0.1, -0.05) is 0 Å². The van der Waals surface area contributed by atoms with Gasteiger partial charge in [-0.3, -0.25) is 9.59 Å². The number of aromatic amines is 1. The van der Waals surface area contributed by atoms with Gasteiger partial charge in [0.2, 0.25) is 6.29 Å². The van der Waals surface area contributed by atoms with Gasteiger partial charge in [-0.2, -0.15) is 0 Å². The van der Waals surface area contributed by atoms with Crippen LogP contribution >= 0.6 is 0 Å². The molecule has 0 bridgehead atoms. The molecule has 9 heavy (non-hydrogen) atoms. The summed E-state index contributed by atoms with van der Waals surface area (Å²) < 4.78 is 0. The summed E-state index contributed by atoms with van der Waals surface area (Å²) in [5.41, 5.74) is 0.613. The molecule has 0 saturated carbocycles. The second-order valence-electron chi connectivity index (χ2n) is 1.51. The number of hydrogen-bond donors (Lipinski definition) is 1. The lowest BCUT2D eigenvalue weighted by Crippen LogP contribution is -1.74. The average Bonchev–Trinajstić information content (AvgIpc) is 2.34. The molecule has 44 valence electrons. The van der Waals surface area contributed by atoms with Crippen LogP contribution in [0.5, 0.6) is 0 Å². The first kappa shape index (κ1) is 5.75. The second kappa shape index (κ2) is 2.26. The van der Waals surface area contributed by atoms with Crippen molar-refractivity contribution in [3.05, 3.63) is 23.5 Å². The number of rotatable bonds is 2. The van der Waals surface area contributed by atoms with Gasteiger partial charge in [0, 0.05) is 11.8 Å². The van der Waals surface area contributed by atoms with Crippen molar-refractivity contribution in [1.29, 1.82) is 0 Å². The van der Waals surface area contributed by atoms with Gasteiger partial charge < -0.3 is 4.98 Å². The minimum Gasteiger partial charge on any atom is -0.358 e. The molecule has 0 aliphatic heterocycles. The van der Waals surface area contributed by atoms with E-state index in [1.807, 2.05) is 0 Å². The van der Waals surface area contributed by atoms with Crippen LogP contribution < -0.4 is 0 Å². The zero-order valence-corrected chi connectivity index (χ0v) is 4.47. The highest BCUT2D eigenvalue weighted by Crippen LogP contribution is 1.95. The van der Waals surface area contributed by atoms with Crippen LogP contribution in [0.15, 0.2) is 12.3 Å². The van der Waals surface area contributed by atoms with E-state index < -0.39 is 0 Å². The van der Waals surface area contributed by atoms with E-state index in [2.05, 4.69) is 4.98 Å². The molecule has 0 fully saturated rings. The molecule has 1 heterocycles. The van der Waals surface area contributed by atoms with Crippen molar-refractivity contribution in [3.8, 4) is 0 Å². The molecular formula is C6H3NO2. The Hall–Kier alpha value is -1.38. The third kappa shape index (κ3) is 1.05. The predicted octanol–water partition coefficient (Wildman–Crippen LogP) is -0.0697. The topological polar surface area (TPSA) is 49.9 Å². The Kier molecular flexibility index (Phi) is 1.44. The van der Waals surface area contributed by atoms with Crippen LogP contribution in [0.4, 0.5) is 0 Å². The molecule has 1 rings (SSSR count). The van der Waals surface area contributed by atoms with Gasteiger partial charge in [-0.25, -0.2) is 0 Å². The Bertz CT molecular complexity index is 204. The van der Waals surface area contributed by atoms with Crippen LogP contribution in [-0.2, 0) is 9.59 Å². The van der Waals surface area contributed by atoms with E-state index in [0.29, 0.717) is 5.56 Å². The zero-order valence-electron chi connectivity index (χ0n) is 4.47. The van der Waals surface area contributed by atoms with E-state index in [4.69, 9.17) is 0 Å². The molecule has 0 aliphatic carbocycles. The number of aromatic nitrogens is 1. The van der Waals surface area contributed by atoms with Crippen LogP contribution in [-0.4, -0.2) is 17.6 Å². The first-order valence-corrected chi connectivity index (χ1v) is 2.31. The maximum atomic E-state index is 9.86. The Morgan fingerprint density at radius 1 is 1.33 bits per heavy atom. The molecular weight excluding hydrogens is 118 g/mol. The fourth-order valence-electron chi connectivity index (χ4n) is 0.512. The highest BCUT2D eigenvalue weighted by atomic mass is 16.1. The summed E-state index contributed by atoms with van der Waals surface area (Å²) in [5.74, 6) is 0. The molecule has 0 aliphatic rings. The maximum absolute atomic E-state index is 9.86. The molecule has 1 aromatic rings. The highest BCUT2D eigenvalue weighted by molar-refractivity contribution is 5.81. The number of hydrogen-bond acceptors (Lipinski definition) is 2. The van der Waals surface area contributed by atoms with Gasteiger partial charge >= 0.3 is 0 Å². The van der Waals surface area contributed by atoms with Crippen LogP contribution in [0.3, 0.4) is 0 Å². The molecule has 0 unspecified atom stereocenters. The molecule has 1 N–H and O–H groups in total. The van der Waals surface area contributed by atoms with Crippen LogP contribution in [0.1, 0.15) is 11.3 Å². The largest absolute Gasteiger partial charge is 0.358 e. The van der Waals surface area contributed by atoms with Crippen molar-refractivity contribution in [2.24, 2.45) is 0 Å². The summed E-state index contributed by atoms with van der Waals surface area (Å²) in [5, 5.41) is 0. The molecule has 0 aromatic carbocycles. The van der Waals surface area contributed by atoms with E-state index in [-0.39, 0.29) is 5.69 Å². The monoisotopic (exact) mass is 121 g/mol.